The Morgan fingerprint density at radius 1 is 1.12 bits per heavy atom. The molecule has 0 atom stereocenters. The third-order valence-corrected chi connectivity index (χ3v) is 6.03. The summed E-state index contributed by atoms with van der Waals surface area (Å²) in [5.41, 5.74) is 2.71. The molecule has 0 aromatic heterocycles. The Labute approximate surface area is 177 Å². The molecule has 0 fully saturated rings. The smallest absolute Gasteiger partial charge is 0.339 e. The number of nitrogens with zero attached hydrogens (tertiary/aromatic N) is 1. The fraction of sp³-hybridized carbons (Fsp3) is 0.105. The molecule has 0 radical (unpaired) electrons. The van der Waals surface area contributed by atoms with Crippen molar-refractivity contribution in [2.75, 3.05) is 12.0 Å². The summed E-state index contributed by atoms with van der Waals surface area (Å²) in [6, 6.07) is 12.8. The fourth-order valence-electron chi connectivity index (χ4n) is 2.80. The third-order valence-electron chi connectivity index (χ3n) is 3.98. The van der Waals surface area contributed by atoms with E-state index in [0.717, 1.165) is 14.0 Å². The Balaban J connectivity index is 2.30. The van der Waals surface area contributed by atoms with Crippen LogP contribution in [0.4, 0.5) is 5.69 Å². The number of methoxy groups -OCH3 is 1. The number of amides is 2. The summed E-state index contributed by atoms with van der Waals surface area (Å²) in [5.74, 6) is -1.30. The van der Waals surface area contributed by atoms with E-state index in [2.05, 4.69) is 22.6 Å². The zero-order chi connectivity index (χ0) is 19.0. The summed E-state index contributed by atoms with van der Waals surface area (Å²) in [5, 5.41) is 0. The van der Waals surface area contributed by atoms with Gasteiger partial charge in [-0.1, -0.05) is 30.3 Å². The molecule has 0 bridgehead atoms. The van der Waals surface area contributed by atoms with Crippen LogP contribution in [-0.2, 0) is 14.3 Å². The highest BCUT2D eigenvalue weighted by atomic mass is 127. The molecular weight excluding hydrogens is 560 g/mol. The van der Waals surface area contributed by atoms with Crippen molar-refractivity contribution in [2.45, 2.75) is 6.92 Å². The maximum Gasteiger partial charge on any atom is 0.339 e. The molecule has 1 aliphatic rings. The summed E-state index contributed by atoms with van der Waals surface area (Å²) in [6.45, 7) is 1.33. The zero-order valence-electron chi connectivity index (χ0n) is 13.9. The molecule has 5 nitrogen and oxygen atoms in total. The van der Waals surface area contributed by atoms with Gasteiger partial charge in [0, 0.05) is 19.6 Å². The predicted molar refractivity (Wildman–Crippen MR) is 116 cm³/mol. The number of ether oxygens (including phenoxy) is 1. The first kappa shape index (κ1) is 19.0. The van der Waals surface area contributed by atoms with E-state index in [1.807, 2.05) is 52.9 Å². The van der Waals surface area contributed by atoms with Gasteiger partial charge in [-0.05, 0) is 62.9 Å². The lowest BCUT2D eigenvalue weighted by Crippen LogP contribution is -2.31. The highest BCUT2D eigenvalue weighted by Crippen LogP contribution is 2.44. The standard InChI is InChI=1S/C19H13I2NO4/c1-10(23)22-15-9-12(19(25)26-2)14(20)8-13(15)16(18(22)24)17(21)11-6-4-3-5-7-11/h3-9H,1-2H3/b17-16+. The maximum absolute atomic E-state index is 13.0. The topological polar surface area (TPSA) is 63.7 Å². The number of carbonyl (C=O) groups is 3. The van der Waals surface area contributed by atoms with E-state index in [9.17, 15) is 14.4 Å². The Hall–Kier alpha value is -1.75. The summed E-state index contributed by atoms with van der Waals surface area (Å²) < 4.78 is 6.20. The molecule has 2 aromatic rings. The van der Waals surface area contributed by atoms with Gasteiger partial charge in [0.15, 0.2) is 0 Å². The molecule has 0 saturated heterocycles. The van der Waals surface area contributed by atoms with Crippen molar-refractivity contribution in [3.05, 3.63) is 62.7 Å². The van der Waals surface area contributed by atoms with Crippen LogP contribution >= 0.6 is 45.2 Å². The molecule has 0 spiro atoms. The molecule has 1 aliphatic heterocycles. The number of esters is 1. The lowest BCUT2D eigenvalue weighted by molar-refractivity contribution is -0.122. The van der Waals surface area contributed by atoms with Crippen LogP contribution in [0.5, 0.6) is 0 Å². The van der Waals surface area contributed by atoms with Gasteiger partial charge in [0.25, 0.3) is 5.91 Å². The lowest BCUT2D eigenvalue weighted by atomic mass is 10.0. The molecule has 26 heavy (non-hydrogen) atoms. The summed E-state index contributed by atoms with van der Waals surface area (Å²) in [4.78, 5) is 38.2. The predicted octanol–water partition coefficient (Wildman–Crippen LogP) is 4.27. The molecule has 7 heteroatoms. The number of imide groups is 1. The van der Waals surface area contributed by atoms with Crippen LogP contribution in [0.2, 0.25) is 0 Å². The Morgan fingerprint density at radius 3 is 2.35 bits per heavy atom. The van der Waals surface area contributed by atoms with Crippen molar-refractivity contribution >= 4 is 77.8 Å². The molecule has 2 amide bonds. The quantitative estimate of drug-likeness (QED) is 0.306. The number of hydrogen-bond acceptors (Lipinski definition) is 4. The number of halogens is 2. The van der Waals surface area contributed by atoms with Crippen LogP contribution in [0, 0.1) is 3.57 Å². The molecule has 2 aromatic carbocycles. The minimum atomic E-state index is -0.511. The number of carbonyl (C=O) groups excluding carboxylic acids is 3. The van der Waals surface area contributed by atoms with Crippen molar-refractivity contribution in [3.8, 4) is 0 Å². The Bertz CT molecular complexity index is 967. The molecule has 0 unspecified atom stereocenters. The summed E-state index contributed by atoms with van der Waals surface area (Å²) in [6.07, 6.45) is 0. The first-order chi connectivity index (χ1) is 12.4. The van der Waals surface area contributed by atoms with Crippen LogP contribution in [0.3, 0.4) is 0 Å². The zero-order valence-corrected chi connectivity index (χ0v) is 18.2. The van der Waals surface area contributed by atoms with Crippen molar-refractivity contribution in [1.29, 1.82) is 0 Å². The maximum atomic E-state index is 13.0. The number of benzene rings is 2. The highest BCUT2D eigenvalue weighted by molar-refractivity contribution is 14.1. The first-order valence-electron chi connectivity index (χ1n) is 7.59. The molecular formula is C19H13I2NO4. The second-order valence-electron chi connectivity index (χ2n) is 5.56. The van der Waals surface area contributed by atoms with Crippen molar-refractivity contribution in [2.24, 2.45) is 0 Å². The van der Waals surface area contributed by atoms with E-state index in [0.29, 0.717) is 26.0 Å². The number of hydrogen-bond donors (Lipinski definition) is 0. The molecule has 0 N–H and O–H groups in total. The average Bonchev–Trinajstić information content (AvgIpc) is 2.91. The molecule has 1 heterocycles. The lowest BCUT2D eigenvalue weighted by Gasteiger charge is -2.13. The van der Waals surface area contributed by atoms with Gasteiger partial charge in [0.2, 0.25) is 5.91 Å². The van der Waals surface area contributed by atoms with Crippen LogP contribution in [0.25, 0.3) is 9.15 Å². The van der Waals surface area contributed by atoms with Gasteiger partial charge in [-0.3, -0.25) is 9.59 Å². The second kappa shape index (κ2) is 7.47. The molecule has 0 saturated carbocycles. The van der Waals surface area contributed by atoms with Crippen LogP contribution < -0.4 is 4.90 Å². The van der Waals surface area contributed by atoms with E-state index >= 15 is 0 Å². The molecule has 0 aliphatic carbocycles. The first-order valence-corrected chi connectivity index (χ1v) is 9.75. The largest absolute Gasteiger partial charge is 0.465 e. The number of rotatable bonds is 2. The normalized spacial score (nSPS) is 14.9. The summed E-state index contributed by atoms with van der Waals surface area (Å²) >= 11 is 4.15. The van der Waals surface area contributed by atoms with Gasteiger partial charge < -0.3 is 4.74 Å². The average molecular weight is 573 g/mol. The Kier molecular flexibility index (Phi) is 5.47. The van der Waals surface area contributed by atoms with Gasteiger partial charge >= 0.3 is 5.97 Å². The Morgan fingerprint density at radius 2 is 1.77 bits per heavy atom. The monoisotopic (exact) mass is 573 g/mol. The minimum Gasteiger partial charge on any atom is -0.465 e. The van der Waals surface area contributed by atoms with Gasteiger partial charge in [-0.2, -0.15) is 0 Å². The third kappa shape index (κ3) is 3.18. The van der Waals surface area contributed by atoms with Crippen LogP contribution in [0.15, 0.2) is 42.5 Å². The van der Waals surface area contributed by atoms with E-state index in [-0.39, 0.29) is 0 Å². The minimum absolute atomic E-state index is 0.321. The van der Waals surface area contributed by atoms with Gasteiger partial charge in [0.1, 0.15) is 0 Å². The van der Waals surface area contributed by atoms with Crippen molar-refractivity contribution in [1.82, 2.24) is 0 Å². The summed E-state index contributed by atoms with van der Waals surface area (Å²) in [7, 11) is 1.29. The van der Waals surface area contributed by atoms with Crippen LogP contribution in [-0.4, -0.2) is 24.9 Å². The van der Waals surface area contributed by atoms with E-state index < -0.39 is 17.8 Å². The van der Waals surface area contributed by atoms with Crippen LogP contribution in [0.1, 0.15) is 28.4 Å². The van der Waals surface area contributed by atoms with Crippen molar-refractivity contribution in [3.63, 3.8) is 0 Å². The molecule has 3 rings (SSSR count). The van der Waals surface area contributed by atoms with Gasteiger partial charge in [-0.25, -0.2) is 9.69 Å². The number of fused-ring (bicyclic) bond motifs is 1. The SMILES string of the molecule is COC(=O)c1cc2c(cc1I)/C(=C(\I)c1ccccc1)C(=O)N2C(C)=O. The molecule has 132 valence electrons. The fourth-order valence-corrected chi connectivity index (χ4v) is 4.37. The van der Waals surface area contributed by atoms with E-state index in [1.54, 1.807) is 12.1 Å². The number of anilines is 1. The van der Waals surface area contributed by atoms with Gasteiger partial charge in [0.05, 0.1) is 23.9 Å². The van der Waals surface area contributed by atoms with Crippen molar-refractivity contribution < 1.29 is 19.1 Å². The van der Waals surface area contributed by atoms with E-state index in [4.69, 9.17) is 4.74 Å². The highest BCUT2D eigenvalue weighted by Gasteiger charge is 2.38. The van der Waals surface area contributed by atoms with Gasteiger partial charge in [-0.15, -0.1) is 0 Å². The van der Waals surface area contributed by atoms with E-state index in [1.165, 1.54) is 14.0 Å². The second-order valence-corrected chi connectivity index (χ2v) is 7.80.